The van der Waals surface area contributed by atoms with Gasteiger partial charge in [-0.3, -0.25) is 10.1 Å². The third-order valence-electron chi connectivity index (χ3n) is 3.02. The molecule has 1 aliphatic heterocycles. The topological polar surface area (TPSA) is 82.9 Å². The Balaban J connectivity index is 1.96. The van der Waals surface area contributed by atoms with Gasteiger partial charge in [-0.1, -0.05) is 6.07 Å². The highest BCUT2D eigenvalue weighted by molar-refractivity contribution is 5.68. The van der Waals surface area contributed by atoms with Crippen molar-refractivity contribution in [3.05, 3.63) is 46.5 Å². The fourth-order valence-electron chi connectivity index (χ4n) is 2.06. The van der Waals surface area contributed by atoms with E-state index in [0.717, 1.165) is 0 Å². The predicted octanol–water partition coefficient (Wildman–Crippen LogP) is 3.16. The summed E-state index contributed by atoms with van der Waals surface area (Å²) >= 11 is 0. The first kappa shape index (κ1) is 13.0. The lowest BCUT2D eigenvalue weighted by Crippen LogP contribution is -1.99. The zero-order valence-electron chi connectivity index (χ0n) is 11.2. The lowest BCUT2D eigenvalue weighted by molar-refractivity contribution is -0.384. The van der Waals surface area contributed by atoms with Crippen LogP contribution in [0.3, 0.4) is 0 Å². The summed E-state index contributed by atoms with van der Waals surface area (Å²) in [6, 6.07) is 9.85. The Bertz CT molecular complexity index is 702. The molecule has 108 valence electrons. The monoisotopic (exact) mass is 288 g/mol. The summed E-state index contributed by atoms with van der Waals surface area (Å²) in [6.07, 6.45) is 0. The number of fused-ring (bicyclic) bond motifs is 1. The van der Waals surface area contributed by atoms with Gasteiger partial charge in [-0.05, 0) is 24.3 Å². The molecule has 0 aliphatic carbocycles. The normalized spacial score (nSPS) is 12.0. The van der Waals surface area contributed by atoms with E-state index >= 15 is 0 Å². The summed E-state index contributed by atoms with van der Waals surface area (Å²) in [6.45, 7) is 0.161. The van der Waals surface area contributed by atoms with Crippen LogP contribution in [0.5, 0.6) is 23.0 Å². The van der Waals surface area contributed by atoms with Crippen LogP contribution >= 0.6 is 0 Å². The number of rotatable bonds is 4. The highest BCUT2D eigenvalue weighted by atomic mass is 16.7. The largest absolute Gasteiger partial charge is 0.454 e. The quantitative estimate of drug-likeness (QED) is 0.687. The van der Waals surface area contributed by atoms with Gasteiger partial charge in [0.2, 0.25) is 12.5 Å². The molecule has 2 aromatic carbocycles. The van der Waals surface area contributed by atoms with Gasteiger partial charge in [-0.2, -0.15) is 0 Å². The molecule has 0 fully saturated rings. The van der Waals surface area contributed by atoms with Gasteiger partial charge in [0.1, 0.15) is 11.4 Å². The van der Waals surface area contributed by atoms with Gasteiger partial charge in [0.05, 0.1) is 4.92 Å². The molecule has 1 heterocycles. The second kappa shape index (κ2) is 5.20. The molecule has 1 aliphatic rings. The second-order valence-corrected chi connectivity index (χ2v) is 4.28. The van der Waals surface area contributed by atoms with Gasteiger partial charge < -0.3 is 19.5 Å². The average Bonchev–Trinajstić information content (AvgIpc) is 2.94. The lowest BCUT2D eigenvalue weighted by Gasteiger charge is -2.09. The van der Waals surface area contributed by atoms with E-state index in [9.17, 15) is 10.1 Å². The SMILES string of the molecule is CNc1cccc(Oc2ccc3c(c2)OCO3)c1[N+](=O)[O-]. The number of nitrogens with one attached hydrogen (secondary N) is 1. The maximum absolute atomic E-state index is 11.2. The Labute approximate surface area is 120 Å². The third kappa shape index (κ3) is 2.40. The van der Waals surface area contributed by atoms with Crippen molar-refractivity contribution >= 4 is 11.4 Å². The number of anilines is 1. The van der Waals surface area contributed by atoms with Crippen LogP contribution in [0.25, 0.3) is 0 Å². The molecule has 2 aromatic rings. The Morgan fingerprint density at radius 2 is 2.05 bits per heavy atom. The molecule has 0 saturated heterocycles. The summed E-state index contributed by atoms with van der Waals surface area (Å²) in [5.74, 6) is 1.78. The molecule has 0 saturated carbocycles. The van der Waals surface area contributed by atoms with Crippen LogP contribution in [0, 0.1) is 10.1 Å². The van der Waals surface area contributed by atoms with E-state index < -0.39 is 4.92 Å². The predicted molar refractivity (Wildman–Crippen MR) is 75.3 cm³/mol. The highest BCUT2D eigenvalue weighted by Crippen LogP contribution is 2.40. The minimum Gasteiger partial charge on any atom is -0.454 e. The third-order valence-corrected chi connectivity index (χ3v) is 3.02. The molecule has 0 amide bonds. The van der Waals surface area contributed by atoms with E-state index in [2.05, 4.69) is 5.32 Å². The van der Waals surface area contributed by atoms with E-state index in [-0.39, 0.29) is 18.2 Å². The Hall–Kier alpha value is -2.96. The van der Waals surface area contributed by atoms with Crippen molar-refractivity contribution < 1.29 is 19.1 Å². The summed E-state index contributed by atoms with van der Waals surface area (Å²) in [5.41, 5.74) is 0.274. The number of benzene rings is 2. The fourth-order valence-corrected chi connectivity index (χ4v) is 2.06. The van der Waals surface area contributed by atoms with Crippen molar-refractivity contribution in [3.8, 4) is 23.0 Å². The van der Waals surface area contributed by atoms with Crippen molar-refractivity contribution in [3.63, 3.8) is 0 Å². The molecule has 0 radical (unpaired) electrons. The summed E-state index contributed by atoms with van der Waals surface area (Å²) in [5, 5.41) is 14.0. The zero-order chi connectivity index (χ0) is 14.8. The van der Waals surface area contributed by atoms with Crippen molar-refractivity contribution in [2.24, 2.45) is 0 Å². The highest BCUT2D eigenvalue weighted by Gasteiger charge is 2.22. The number of nitro benzene ring substituents is 1. The molecule has 1 N–H and O–H groups in total. The van der Waals surface area contributed by atoms with Crippen LogP contribution in [0.15, 0.2) is 36.4 Å². The molecular weight excluding hydrogens is 276 g/mol. The minimum atomic E-state index is -0.478. The number of hydrogen-bond acceptors (Lipinski definition) is 6. The Morgan fingerprint density at radius 1 is 1.24 bits per heavy atom. The smallest absolute Gasteiger partial charge is 0.334 e. The van der Waals surface area contributed by atoms with E-state index in [1.165, 1.54) is 0 Å². The van der Waals surface area contributed by atoms with Crippen LogP contribution in [0.4, 0.5) is 11.4 Å². The van der Waals surface area contributed by atoms with E-state index in [1.807, 2.05) is 0 Å². The van der Waals surface area contributed by atoms with Crippen molar-refractivity contribution in [2.45, 2.75) is 0 Å². The van der Waals surface area contributed by atoms with Crippen LogP contribution < -0.4 is 19.5 Å². The van der Waals surface area contributed by atoms with Crippen LogP contribution in [0.1, 0.15) is 0 Å². The number of nitro groups is 1. The first-order valence-electron chi connectivity index (χ1n) is 6.21. The van der Waals surface area contributed by atoms with Gasteiger partial charge in [-0.25, -0.2) is 0 Å². The summed E-state index contributed by atoms with van der Waals surface area (Å²) in [4.78, 5) is 10.7. The number of ether oxygens (including phenoxy) is 3. The molecule has 0 atom stereocenters. The molecule has 7 nitrogen and oxygen atoms in total. The number of hydrogen-bond donors (Lipinski definition) is 1. The molecule has 0 bridgehead atoms. The van der Waals surface area contributed by atoms with Gasteiger partial charge in [0.25, 0.3) is 0 Å². The Morgan fingerprint density at radius 3 is 2.81 bits per heavy atom. The molecule has 7 heteroatoms. The van der Waals surface area contributed by atoms with E-state index in [4.69, 9.17) is 14.2 Å². The van der Waals surface area contributed by atoms with Crippen molar-refractivity contribution in [2.75, 3.05) is 19.2 Å². The summed E-state index contributed by atoms with van der Waals surface area (Å²) in [7, 11) is 1.62. The average molecular weight is 288 g/mol. The number of nitrogens with zero attached hydrogens (tertiary/aromatic N) is 1. The molecular formula is C14H12N2O5. The van der Waals surface area contributed by atoms with Gasteiger partial charge in [-0.15, -0.1) is 0 Å². The molecule has 0 spiro atoms. The van der Waals surface area contributed by atoms with Crippen molar-refractivity contribution in [1.29, 1.82) is 0 Å². The van der Waals surface area contributed by atoms with Crippen molar-refractivity contribution in [1.82, 2.24) is 0 Å². The van der Waals surface area contributed by atoms with Crippen LogP contribution in [-0.2, 0) is 0 Å². The van der Waals surface area contributed by atoms with Crippen LogP contribution in [-0.4, -0.2) is 18.8 Å². The fraction of sp³-hybridized carbons (Fsp3) is 0.143. The molecule has 0 aromatic heterocycles. The standard InChI is InChI=1S/C14H12N2O5/c1-15-10-3-2-4-12(14(10)16(17)18)21-9-5-6-11-13(7-9)20-8-19-11/h2-7,15H,8H2,1H3. The molecule has 21 heavy (non-hydrogen) atoms. The van der Waals surface area contributed by atoms with Gasteiger partial charge in [0, 0.05) is 13.1 Å². The maximum atomic E-state index is 11.2. The lowest BCUT2D eigenvalue weighted by atomic mass is 10.2. The van der Waals surface area contributed by atoms with E-state index in [1.54, 1.807) is 43.4 Å². The first-order valence-corrected chi connectivity index (χ1v) is 6.21. The zero-order valence-corrected chi connectivity index (χ0v) is 11.2. The maximum Gasteiger partial charge on any atom is 0.334 e. The van der Waals surface area contributed by atoms with Crippen LogP contribution in [0.2, 0.25) is 0 Å². The second-order valence-electron chi connectivity index (χ2n) is 4.28. The minimum absolute atomic E-state index is 0.113. The molecule has 3 rings (SSSR count). The molecule has 0 unspecified atom stereocenters. The van der Waals surface area contributed by atoms with Gasteiger partial charge >= 0.3 is 5.69 Å². The number of para-hydroxylation sites is 1. The summed E-state index contributed by atoms with van der Waals surface area (Å²) < 4.78 is 16.1. The first-order chi connectivity index (χ1) is 10.2. The van der Waals surface area contributed by atoms with Gasteiger partial charge in [0.15, 0.2) is 11.5 Å². The van der Waals surface area contributed by atoms with E-state index in [0.29, 0.717) is 22.9 Å². The Kier molecular flexibility index (Phi) is 3.23.